The molecule has 0 unspecified atom stereocenters. The van der Waals surface area contributed by atoms with Gasteiger partial charge in [0.1, 0.15) is 16.4 Å². The lowest BCUT2D eigenvalue weighted by Crippen LogP contribution is -2.36. The van der Waals surface area contributed by atoms with Crippen molar-refractivity contribution >= 4 is 21.6 Å². The van der Waals surface area contributed by atoms with Gasteiger partial charge in [-0.25, -0.2) is 12.8 Å². The maximum absolute atomic E-state index is 13.5. The van der Waals surface area contributed by atoms with Crippen molar-refractivity contribution in [1.29, 1.82) is 0 Å². The average Bonchev–Trinajstić information content (AvgIpc) is 2.92. The fourth-order valence-corrected chi connectivity index (χ4v) is 3.51. The lowest BCUT2D eigenvalue weighted by molar-refractivity contribution is 0.0749. The molecule has 1 aliphatic heterocycles. The predicted molar refractivity (Wildman–Crippen MR) is 83.3 cm³/mol. The Morgan fingerprint density at radius 3 is 2.65 bits per heavy atom. The zero-order chi connectivity index (χ0) is 16.8. The SMILES string of the molecule is Cc1ccc(NS(=O)(=O)c2cc3n(c2)CCN(C)C3=O)cc1F. The number of nitrogens with zero attached hydrogens (tertiary/aromatic N) is 2. The normalized spacial score (nSPS) is 14.7. The summed E-state index contributed by atoms with van der Waals surface area (Å²) in [5.74, 6) is -0.711. The molecule has 8 heteroatoms. The molecule has 0 saturated heterocycles. The first-order valence-corrected chi connectivity index (χ1v) is 8.51. The molecule has 0 spiro atoms. The van der Waals surface area contributed by atoms with E-state index in [0.717, 1.165) is 6.07 Å². The van der Waals surface area contributed by atoms with Crippen molar-refractivity contribution in [3.63, 3.8) is 0 Å². The molecule has 6 nitrogen and oxygen atoms in total. The maximum atomic E-state index is 13.5. The molecular weight excluding hydrogens is 321 g/mol. The number of likely N-dealkylation sites (N-methyl/N-ethyl adjacent to an activating group) is 1. The minimum absolute atomic E-state index is 0.0165. The highest BCUT2D eigenvalue weighted by atomic mass is 32.2. The van der Waals surface area contributed by atoms with E-state index >= 15 is 0 Å². The van der Waals surface area contributed by atoms with Crippen molar-refractivity contribution in [2.45, 2.75) is 18.4 Å². The van der Waals surface area contributed by atoms with Crippen LogP contribution in [0, 0.1) is 12.7 Å². The monoisotopic (exact) mass is 337 g/mol. The number of anilines is 1. The van der Waals surface area contributed by atoms with Gasteiger partial charge in [-0.15, -0.1) is 0 Å². The highest BCUT2D eigenvalue weighted by Gasteiger charge is 2.26. The number of halogens is 1. The highest BCUT2D eigenvalue weighted by Crippen LogP contribution is 2.22. The molecule has 0 fully saturated rings. The van der Waals surface area contributed by atoms with Crippen LogP contribution in [0.3, 0.4) is 0 Å². The number of fused-ring (bicyclic) bond motifs is 1. The van der Waals surface area contributed by atoms with E-state index in [1.54, 1.807) is 18.5 Å². The van der Waals surface area contributed by atoms with Gasteiger partial charge < -0.3 is 9.47 Å². The second kappa shape index (κ2) is 5.38. The zero-order valence-electron chi connectivity index (χ0n) is 12.7. The van der Waals surface area contributed by atoms with Crippen LogP contribution in [0.1, 0.15) is 16.1 Å². The number of amides is 1. The summed E-state index contributed by atoms with van der Waals surface area (Å²) in [5, 5.41) is 0. The van der Waals surface area contributed by atoms with Gasteiger partial charge in [-0.1, -0.05) is 6.07 Å². The number of hydrogen-bond donors (Lipinski definition) is 1. The fraction of sp³-hybridized carbons (Fsp3) is 0.267. The summed E-state index contributed by atoms with van der Waals surface area (Å²) in [4.78, 5) is 13.6. The Balaban J connectivity index is 1.93. The van der Waals surface area contributed by atoms with Gasteiger partial charge in [0.2, 0.25) is 0 Å². The molecule has 1 N–H and O–H groups in total. The molecule has 0 atom stereocenters. The summed E-state index contributed by atoms with van der Waals surface area (Å²) in [6, 6.07) is 5.45. The Morgan fingerprint density at radius 2 is 1.96 bits per heavy atom. The number of aromatic nitrogens is 1. The Bertz CT molecular complexity index is 889. The van der Waals surface area contributed by atoms with Gasteiger partial charge in [0.15, 0.2) is 0 Å². The van der Waals surface area contributed by atoms with E-state index in [1.165, 1.54) is 29.3 Å². The molecule has 3 rings (SSSR count). The van der Waals surface area contributed by atoms with Crippen molar-refractivity contribution in [2.24, 2.45) is 0 Å². The maximum Gasteiger partial charge on any atom is 0.270 e. The van der Waals surface area contributed by atoms with Crippen LogP contribution >= 0.6 is 0 Å². The molecule has 0 saturated carbocycles. The Kier molecular flexibility index (Phi) is 3.63. The summed E-state index contributed by atoms with van der Waals surface area (Å²) < 4.78 is 42.4. The van der Waals surface area contributed by atoms with Crippen LogP contribution in [-0.4, -0.2) is 37.4 Å². The second-order valence-corrected chi connectivity index (χ2v) is 7.23. The van der Waals surface area contributed by atoms with E-state index in [4.69, 9.17) is 0 Å². The molecule has 2 aromatic rings. The van der Waals surface area contributed by atoms with Crippen LogP contribution in [0.5, 0.6) is 0 Å². The molecule has 1 aromatic heterocycles. The Morgan fingerprint density at radius 1 is 1.22 bits per heavy atom. The van der Waals surface area contributed by atoms with Crippen LogP contribution < -0.4 is 4.72 Å². The third-order valence-corrected chi connectivity index (χ3v) is 5.20. The van der Waals surface area contributed by atoms with E-state index in [-0.39, 0.29) is 16.5 Å². The first-order chi connectivity index (χ1) is 10.8. The summed E-state index contributed by atoms with van der Waals surface area (Å²) in [5.41, 5.74) is 0.899. The molecule has 0 aliphatic carbocycles. The van der Waals surface area contributed by atoms with Crippen LogP contribution in [0.4, 0.5) is 10.1 Å². The number of carbonyl (C=O) groups is 1. The van der Waals surface area contributed by atoms with E-state index in [1.807, 2.05) is 0 Å². The number of rotatable bonds is 3. The summed E-state index contributed by atoms with van der Waals surface area (Å²) >= 11 is 0. The van der Waals surface area contributed by atoms with Crippen molar-refractivity contribution in [2.75, 3.05) is 18.3 Å². The van der Waals surface area contributed by atoms with Crippen LogP contribution in [0.15, 0.2) is 35.4 Å². The number of benzene rings is 1. The number of sulfonamides is 1. The standard InChI is InChI=1S/C15H16FN3O3S/c1-10-3-4-11(7-13(10)16)17-23(21,22)12-8-14-15(20)18(2)5-6-19(14)9-12/h3-4,7-9,17H,5-6H2,1-2H3. The van der Waals surface area contributed by atoms with Crippen molar-refractivity contribution in [3.05, 3.63) is 47.5 Å². The van der Waals surface area contributed by atoms with E-state index in [9.17, 15) is 17.6 Å². The molecule has 23 heavy (non-hydrogen) atoms. The van der Waals surface area contributed by atoms with Gasteiger partial charge in [-0.3, -0.25) is 9.52 Å². The third kappa shape index (κ3) is 2.81. The van der Waals surface area contributed by atoms with Crippen molar-refractivity contribution in [3.8, 4) is 0 Å². The van der Waals surface area contributed by atoms with Gasteiger partial charge in [0.05, 0.1) is 5.69 Å². The van der Waals surface area contributed by atoms with E-state index < -0.39 is 15.8 Å². The molecule has 122 valence electrons. The lowest BCUT2D eigenvalue weighted by atomic mass is 10.2. The fourth-order valence-electron chi connectivity index (χ4n) is 2.42. The van der Waals surface area contributed by atoms with Gasteiger partial charge in [-0.2, -0.15) is 0 Å². The van der Waals surface area contributed by atoms with Gasteiger partial charge in [-0.05, 0) is 30.7 Å². The second-order valence-electron chi connectivity index (χ2n) is 5.55. The molecular formula is C15H16FN3O3S. The predicted octanol–water partition coefficient (Wildman–Crippen LogP) is 1.82. The first kappa shape index (κ1) is 15.5. The summed E-state index contributed by atoms with van der Waals surface area (Å²) in [7, 11) is -2.22. The van der Waals surface area contributed by atoms with Gasteiger partial charge in [0, 0.05) is 26.3 Å². The van der Waals surface area contributed by atoms with Crippen molar-refractivity contribution < 1.29 is 17.6 Å². The largest absolute Gasteiger partial charge is 0.340 e. The van der Waals surface area contributed by atoms with Crippen LogP contribution in [-0.2, 0) is 16.6 Å². The highest BCUT2D eigenvalue weighted by molar-refractivity contribution is 7.92. The summed E-state index contributed by atoms with van der Waals surface area (Å²) in [6.45, 7) is 2.65. The Labute approximate surface area is 133 Å². The van der Waals surface area contributed by atoms with E-state index in [0.29, 0.717) is 24.3 Å². The minimum Gasteiger partial charge on any atom is -0.340 e. The zero-order valence-corrected chi connectivity index (χ0v) is 13.5. The van der Waals surface area contributed by atoms with E-state index in [2.05, 4.69) is 4.72 Å². The third-order valence-electron chi connectivity index (χ3n) is 3.85. The topological polar surface area (TPSA) is 71.4 Å². The number of aryl methyl sites for hydroxylation is 1. The number of nitrogens with one attached hydrogen (secondary N) is 1. The lowest BCUT2D eigenvalue weighted by Gasteiger charge is -2.23. The first-order valence-electron chi connectivity index (χ1n) is 7.02. The number of hydrogen-bond acceptors (Lipinski definition) is 3. The quantitative estimate of drug-likeness (QED) is 0.929. The molecule has 0 bridgehead atoms. The average molecular weight is 337 g/mol. The molecule has 2 heterocycles. The molecule has 1 amide bonds. The van der Waals surface area contributed by atoms with Crippen LogP contribution in [0.2, 0.25) is 0 Å². The minimum atomic E-state index is -3.89. The molecule has 1 aromatic carbocycles. The number of carbonyl (C=O) groups excluding carboxylic acids is 1. The van der Waals surface area contributed by atoms with Crippen molar-refractivity contribution in [1.82, 2.24) is 9.47 Å². The van der Waals surface area contributed by atoms with Gasteiger partial charge in [0.25, 0.3) is 15.9 Å². The molecule has 1 aliphatic rings. The van der Waals surface area contributed by atoms with Crippen LogP contribution in [0.25, 0.3) is 0 Å². The Hall–Kier alpha value is -2.35. The summed E-state index contributed by atoms with van der Waals surface area (Å²) in [6.07, 6.45) is 1.42. The van der Waals surface area contributed by atoms with Gasteiger partial charge >= 0.3 is 0 Å². The smallest absolute Gasteiger partial charge is 0.270 e. The molecule has 0 radical (unpaired) electrons.